The maximum absolute atomic E-state index is 12.5. The van der Waals surface area contributed by atoms with Crippen molar-refractivity contribution in [3.63, 3.8) is 0 Å². The number of aromatic nitrogens is 2. The number of anilines is 1. The first-order chi connectivity index (χ1) is 10.2. The molecule has 1 fully saturated rings. The van der Waals surface area contributed by atoms with Gasteiger partial charge < -0.3 is 9.80 Å². The van der Waals surface area contributed by atoms with Gasteiger partial charge in [0.15, 0.2) is 0 Å². The summed E-state index contributed by atoms with van der Waals surface area (Å²) in [4.78, 5) is 25.0. The minimum atomic E-state index is 0.104. The van der Waals surface area contributed by atoms with E-state index in [2.05, 4.69) is 14.9 Å². The van der Waals surface area contributed by atoms with Crippen LogP contribution in [0, 0.1) is 6.92 Å². The van der Waals surface area contributed by atoms with Gasteiger partial charge in [0, 0.05) is 44.1 Å². The van der Waals surface area contributed by atoms with Crippen LogP contribution < -0.4 is 4.90 Å². The lowest BCUT2D eigenvalue weighted by Gasteiger charge is -2.34. The Kier molecular flexibility index (Phi) is 3.81. The van der Waals surface area contributed by atoms with Gasteiger partial charge in [-0.15, -0.1) is 0 Å². The molecular formula is C16H18N4O. The predicted molar refractivity (Wildman–Crippen MR) is 81.3 cm³/mol. The smallest absolute Gasteiger partial charge is 0.253 e. The minimum Gasteiger partial charge on any atom is -0.337 e. The summed E-state index contributed by atoms with van der Waals surface area (Å²) in [5, 5.41) is 0. The highest BCUT2D eigenvalue weighted by molar-refractivity contribution is 5.94. The molecule has 0 bridgehead atoms. The molecule has 0 N–H and O–H groups in total. The van der Waals surface area contributed by atoms with Gasteiger partial charge in [-0.05, 0) is 25.1 Å². The average Bonchev–Trinajstić information content (AvgIpc) is 2.55. The largest absolute Gasteiger partial charge is 0.337 e. The summed E-state index contributed by atoms with van der Waals surface area (Å²) in [6.07, 6.45) is 3.49. The molecule has 2 heterocycles. The van der Waals surface area contributed by atoms with Gasteiger partial charge in [-0.2, -0.15) is 0 Å². The number of piperazine rings is 1. The predicted octanol–water partition coefficient (Wildman–Crippen LogP) is 1.75. The summed E-state index contributed by atoms with van der Waals surface area (Å²) < 4.78 is 0. The van der Waals surface area contributed by atoms with E-state index in [-0.39, 0.29) is 5.91 Å². The van der Waals surface area contributed by atoms with Gasteiger partial charge in [0.2, 0.25) is 5.95 Å². The van der Waals surface area contributed by atoms with Crippen molar-refractivity contribution >= 4 is 11.9 Å². The molecule has 5 nitrogen and oxygen atoms in total. The number of nitrogens with zero attached hydrogens (tertiary/aromatic N) is 4. The molecular weight excluding hydrogens is 264 g/mol. The molecule has 21 heavy (non-hydrogen) atoms. The number of carbonyl (C=O) groups is 1. The Morgan fingerprint density at radius 1 is 1.05 bits per heavy atom. The maximum Gasteiger partial charge on any atom is 0.253 e. The third kappa shape index (κ3) is 3.02. The van der Waals surface area contributed by atoms with E-state index in [1.165, 1.54) is 0 Å². The van der Waals surface area contributed by atoms with Crippen molar-refractivity contribution in [3.8, 4) is 0 Å². The highest BCUT2D eigenvalue weighted by atomic mass is 16.2. The lowest BCUT2D eigenvalue weighted by atomic mass is 10.1. The van der Waals surface area contributed by atoms with Crippen LogP contribution in [-0.4, -0.2) is 47.0 Å². The molecule has 108 valence electrons. The minimum absolute atomic E-state index is 0.104. The topological polar surface area (TPSA) is 49.3 Å². The van der Waals surface area contributed by atoms with Crippen molar-refractivity contribution in [2.24, 2.45) is 0 Å². The molecule has 3 rings (SSSR count). The molecule has 1 aromatic heterocycles. The summed E-state index contributed by atoms with van der Waals surface area (Å²) in [5.74, 6) is 0.840. The van der Waals surface area contributed by atoms with E-state index in [4.69, 9.17) is 0 Å². The van der Waals surface area contributed by atoms with Crippen molar-refractivity contribution in [1.29, 1.82) is 0 Å². The fraction of sp³-hybridized carbons (Fsp3) is 0.312. The van der Waals surface area contributed by atoms with Crippen LogP contribution in [0.4, 0.5) is 5.95 Å². The zero-order valence-electron chi connectivity index (χ0n) is 12.1. The van der Waals surface area contributed by atoms with E-state index >= 15 is 0 Å². The maximum atomic E-state index is 12.5. The number of amides is 1. The van der Waals surface area contributed by atoms with Crippen LogP contribution in [0.1, 0.15) is 15.9 Å². The van der Waals surface area contributed by atoms with Gasteiger partial charge in [0.05, 0.1) is 0 Å². The average molecular weight is 282 g/mol. The molecule has 0 aliphatic carbocycles. The number of aryl methyl sites for hydroxylation is 1. The highest BCUT2D eigenvalue weighted by Gasteiger charge is 2.23. The lowest BCUT2D eigenvalue weighted by molar-refractivity contribution is 0.0746. The van der Waals surface area contributed by atoms with E-state index in [0.29, 0.717) is 13.1 Å². The Labute approximate surface area is 124 Å². The van der Waals surface area contributed by atoms with Crippen molar-refractivity contribution in [2.45, 2.75) is 6.92 Å². The number of hydrogen-bond donors (Lipinski definition) is 0. The quantitative estimate of drug-likeness (QED) is 0.842. The number of benzene rings is 1. The Bertz CT molecular complexity index is 621. The second-order valence-electron chi connectivity index (χ2n) is 5.20. The molecule has 1 amide bonds. The Morgan fingerprint density at radius 2 is 1.76 bits per heavy atom. The summed E-state index contributed by atoms with van der Waals surface area (Å²) in [6.45, 7) is 4.93. The second kappa shape index (κ2) is 5.91. The molecule has 1 saturated heterocycles. The molecule has 0 radical (unpaired) electrons. The Morgan fingerprint density at radius 3 is 2.43 bits per heavy atom. The summed E-state index contributed by atoms with van der Waals surface area (Å²) in [6, 6.07) is 9.55. The van der Waals surface area contributed by atoms with Crippen molar-refractivity contribution in [3.05, 3.63) is 53.9 Å². The van der Waals surface area contributed by atoms with E-state index in [1.54, 1.807) is 18.5 Å². The van der Waals surface area contributed by atoms with Crippen LogP contribution in [0.15, 0.2) is 42.7 Å². The SMILES string of the molecule is Cc1cccc(C(=O)N2CCN(c3ncccn3)CC2)c1. The van der Waals surface area contributed by atoms with Gasteiger partial charge in [0.1, 0.15) is 0 Å². The van der Waals surface area contributed by atoms with Gasteiger partial charge >= 0.3 is 0 Å². The number of hydrogen-bond acceptors (Lipinski definition) is 4. The van der Waals surface area contributed by atoms with Crippen LogP contribution >= 0.6 is 0 Å². The third-order valence-corrected chi connectivity index (χ3v) is 3.67. The van der Waals surface area contributed by atoms with E-state index in [1.807, 2.05) is 36.1 Å². The summed E-state index contributed by atoms with van der Waals surface area (Å²) in [5.41, 5.74) is 1.87. The van der Waals surface area contributed by atoms with Crippen molar-refractivity contribution in [2.75, 3.05) is 31.1 Å². The van der Waals surface area contributed by atoms with Gasteiger partial charge in [0.25, 0.3) is 5.91 Å². The van der Waals surface area contributed by atoms with Crippen LogP contribution in [0.3, 0.4) is 0 Å². The van der Waals surface area contributed by atoms with Gasteiger partial charge in [-0.1, -0.05) is 17.7 Å². The monoisotopic (exact) mass is 282 g/mol. The second-order valence-corrected chi connectivity index (χ2v) is 5.20. The first-order valence-electron chi connectivity index (χ1n) is 7.12. The Hall–Kier alpha value is -2.43. The van der Waals surface area contributed by atoms with Crippen molar-refractivity contribution in [1.82, 2.24) is 14.9 Å². The molecule has 0 unspecified atom stereocenters. The number of carbonyl (C=O) groups excluding carboxylic acids is 1. The van der Waals surface area contributed by atoms with Gasteiger partial charge in [-0.3, -0.25) is 4.79 Å². The Balaban J connectivity index is 1.64. The van der Waals surface area contributed by atoms with Gasteiger partial charge in [-0.25, -0.2) is 9.97 Å². The van der Waals surface area contributed by atoms with Crippen LogP contribution in [0.25, 0.3) is 0 Å². The molecule has 2 aromatic rings. The first kappa shape index (κ1) is 13.5. The zero-order valence-corrected chi connectivity index (χ0v) is 12.1. The van der Waals surface area contributed by atoms with Crippen molar-refractivity contribution < 1.29 is 4.79 Å². The fourth-order valence-electron chi connectivity index (χ4n) is 2.52. The first-order valence-corrected chi connectivity index (χ1v) is 7.12. The summed E-state index contributed by atoms with van der Waals surface area (Å²) >= 11 is 0. The molecule has 5 heteroatoms. The van der Waals surface area contributed by atoms with E-state index in [9.17, 15) is 4.79 Å². The molecule has 1 aliphatic rings. The van der Waals surface area contributed by atoms with Crippen LogP contribution in [0.2, 0.25) is 0 Å². The molecule has 0 spiro atoms. The van der Waals surface area contributed by atoms with Crippen LogP contribution in [0.5, 0.6) is 0 Å². The number of rotatable bonds is 2. The van der Waals surface area contributed by atoms with Crippen LogP contribution in [-0.2, 0) is 0 Å². The molecule has 0 atom stereocenters. The van der Waals surface area contributed by atoms with E-state index in [0.717, 1.165) is 30.2 Å². The van der Waals surface area contributed by atoms with E-state index < -0.39 is 0 Å². The molecule has 0 saturated carbocycles. The zero-order chi connectivity index (χ0) is 14.7. The molecule has 1 aliphatic heterocycles. The lowest BCUT2D eigenvalue weighted by Crippen LogP contribution is -2.49. The molecule has 1 aromatic carbocycles. The fourth-order valence-corrected chi connectivity index (χ4v) is 2.52. The normalized spacial score (nSPS) is 15.1. The third-order valence-electron chi connectivity index (χ3n) is 3.67. The highest BCUT2D eigenvalue weighted by Crippen LogP contribution is 2.13. The standard InChI is InChI=1S/C16H18N4O/c1-13-4-2-5-14(12-13)15(21)19-8-10-20(11-9-19)16-17-6-3-7-18-16/h2-7,12H,8-11H2,1H3. The summed E-state index contributed by atoms with van der Waals surface area (Å²) in [7, 11) is 0.